The molecule has 1 atom stereocenters. The van der Waals surface area contributed by atoms with E-state index < -0.39 is 6.10 Å². The topological polar surface area (TPSA) is 29.5 Å². The Balaban J connectivity index is 2.01. The number of hydrogen-bond acceptors (Lipinski definition) is 2. The molecule has 0 bridgehead atoms. The predicted molar refractivity (Wildman–Crippen MR) is 80.4 cm³/mol. The van der Waals surface area contributed by atoms with E-state index in [-0.39, 0.29) is 0 Å². The molecule has 2 rings (SSSR count). The van der Waals surface area contributed by atoms with Crippen LogP contribution in [0.1, 0.15) is 24.2 Å². The van der Waals surface area contributed by atoms with Crippen molar-refractivity contribution in [1.29, 1.82) is 0 Å². The Morgan fingerprint density at radius 1 is 1.16 bits per heavy atom. The van der Waals surface area contributed by atoms with Crippen LogP contribution >= 0.6 is 15.9 Å². The third-order valence-electron chi connectivity index (χ3n) is 2.92. The lowest BCUT2D eigenvalue weighted by Crippen LogP contribution is -2.04. The highest BCUT2D eigenvalue weighted by Gasteiger charge is 2.09. The highest BCUT2D eigenvalue weighted by atomic mass is 79.9. The second kappa shape index (κ2) is 6.73. The second-order valence-electron chi connectivity index (χ2n) is 4.44. The van der Waals surface area contributed by atoms with E-state index in [0.717, 1.165) is 22.2 Å². The van der Waals surface area contributed by atoms with E-state index in [1.165, 1.54) is 5.56 Å². The third-order valence-corrected chi connectivity index (χ3v) is 3.41. The summed E-state index contributed by atoms with van der Waals surface area (Å²) in [6, 6.07) is 15.9. The predicted octanol–water partition coefficient (Wildman–Crippen LogP) is 4.12. The van der Waals surface area contributed by atoms with Crippen LogP contribution in [0.5, 0.6) is 5.75 Å². The maximum absolute atomic E-state index is 9.72. The van der Waals surface area contributed by atoms with Crippen molar-refractivity contribution in [3.63, 3.8) is 0 Å². The van der Waals surface area contributed by atoms with Crippen LogP contribution in [0.3, 0.4) is 0 Å². The van der Waals surface area contributed by atoms with E-state index >= 15 is 0 Å². The molecule has 0 fully saturated rings. The molecule has 0 radical (unpaired) electrons. The lowest BCUT2D eigenvalue weighted by molar-refractivity contribution is 0.191. The minimum atomic E-state index is -0.528. The van der Waals surface area contributed by atoms with Gasteiger partial charge in [0.25, 0.3) is 0 Å². The monoisotopic (exact) mass is 320 g/mol. The summed E-state index contributed by atoms with van der Waals surface area (Å²) in [5, 5.41) is 9.72. The third kappa shape index (κ3) is 4.08. The van der Waals surface area contributed by atoms with E-state index in [1.54, 1.807) is 6.92 Å². The molecule has 2 nitrogen and oxygen atoms in total. The summed E-state index contributed by atoms with van der Waals surface area (Å²) < 4.78 is 6.74. The smallest absolute Gasteiger partial charge is 0.126 e. The van der Waals surface area contributed by atoms with Gasteiger partial charge in [-0.15, -0.1) is 0 Å². The molecule has 0 aromatic heterocycles. The number of benzene rings is 2. The Morgan fingerprint density at radius 3 is 2.58 bits per heavy atom. The number of aliphatic hydroxyl groups is 1. The molecule has 19 heavy (non-hydrogen) atoms. The Morgan fingerprint density at radius 2 is 1.89 bits per heavy atom. The average Bonchev–Trinajstić information content (AvgIpc) is 2.39. The van der Waals surface area contributed by atoms with Gasteiger partial charge in [-0.1, -0.05) is 52.3 Å². The summed E-state index contributed by atoms with van der Waals surface area (Å²) in [6.45, 7) is 2.34. The van der Waals surface area contributed by atoms with Crippen LogP contribution in [-0.4, -0.2) is 11.7 Å². The minimum absolute atomic E-state index is 0.528. The molecular weight excluding hydrogens is 304 g/mol. The standard InChI is InChI=1S/C16H17BrO2/c1-12(18)15-8-7-14(17)11-16(15)19-10-9-13-5-3-2-4-6-13/h2-8,11-12,18H,9-10H2,1H3. The average molecular weight is 321 g/mol. The van der Waals surface area contributed by atoms with Crippen molar-refractivity contribution in [3.8, 4) is 5.75 Å². The van der Waals surface area contributed by atoms with Crippen LogP contribution in [-0.2, 0) is 6.42 Å². The molecule has 0 heterocycles. The van der Waals surface area contributed by atoms with Crippen LogP contribution in [0.15, 0.2) is 53.0 Å². The number of rotatable bonds is 5. The summed E-state index contributed by atoms with van der Waals surface area (Å²) in [5.74, 6) is 0.736. The van der Waals surface area contributed by atoms with Gasteiger partial charge in [0.05, 0.1) is 12.7 Å². The molecule has 1 unspecified atom stereocenters. The molecule has 3 heteroatoms. The number of hydrogen-bond donors (Lipinski definition) is 1. The highest BCUT2D eigenvalue weighted by molar-refractivity contribution is 9.10. The van der Waals surface area contributed by atoms with Crippen LogP contribution in [0, 0.1) is 0 Å². The molecule has 2 aromatic rings. The van der Waals surface area contributed by atoms with Crippen molar-refractivity contribution >= 4 is 15.9 Å². The highest BCUT2D eigenvalue weighted by Crippen LogP contribution is 2.28. The van der Waals surface area contributed by atoms with Crippen LogP contribution in [0.4, 0.5) is 0 Å². The maximum atomic E-state index is 9.72. The summed E-state index contributed by atoms with van der Waals surface area (Å²) in [4.78, 5) is 0. The zero-order chi connectivity index (χ0) is 13.7. The molecule has 0 aliphatic rings. The quantitative estimate of drug-likeness (QED) is 0.897. The van der Waals surface area contributed by atoms with Gasteiger partial charge in [0.15, 0.2) is 0 Å². The molecule has 0 aliphatic heterocycles. The molecule has 1 N–H and O–H groups in total. The molecular formula is C16H17BrO2. The Labute approximate surface area is 122 Å². The van der Waals surface area contributed by atoms with Gasteiger partial charge in [-0.2, -0.15) is 0 Å². The Hall–Kier alpha value is -1.32. The Bertz CT molecular complexity index is 524. The summed E-state index contributed by atoms with van der Waals surface area (Å²) in [7, 11) is 0. The first-order valence-electron chi connectivity index (χ1n) is 6.31. The van der Waals surface area contributed by atoms with Crippen molar-refractivity contribution in [3.05, 3.63) is 64.1 Å². The zero-order valence-electron chi connectivity index (χ0n) is 10.8. The zero-order valence-corrected chi connectivity index (χ0v) is 12.4. The second-order valence-corrected chi connectivity index (χ2v) is 5.36. The largest absolute Gasteiger partial charge is 0.493 e. The van der Waals surface area contributed by atoms with E-state index in [1.807, 2.05) is 36.4 Å². The van der Waals surface area contributed by atoms with Gasteiger partial charge in [-0.25, -0.2) is 0 Å². The normalized spacial score (nSPS) is 12.2. The lowest BCUT2D eigenvalue weighted by atomic mass is 10.1. The van der Waals surface area contributed by atoms with Gasteiger partial charge >= 0.3 is 0 Å². The first kappa shape index (κ1) is 14.1. The number of aliphatic hydroxyl groups excluding tert-OH is 1. The molecule has 0 spiro atoms. The van der Waals surface area contributed by atoms with Gasteiger partial charge in [-0.05, 0) is 24.6 Å². The summed E-state index contributed by atoms with van der Waals surface area (Å²) >= 11 is 3.42. The van der Waals surface area contributed by atoms with E-state index in [4.69, 9.17) is 4.74 Å². The van der Waals surface area contributed by atoms with Crippen molar-refractivity contribution in [1.82, 2.24) is 0 Å². The molecule has 0 saturated heterocycles. The molecule has 2 aromatic carbocycles. The summed E-state index contributed by atoms with van der Waals surface area (Å²) in [6.07, 6.45) is 0.326. The molecule has 0 saturated carbocycles. The fraction of sp³-hybridized carbons (Fsp3) is 0.250. The maximum Gasteiger partial charge on any atom is 0.126 e. The van der Waals surface area contributed by atoms with Gasteiger partial charge in [0, 0.05) is 16.5 Å². The first-order chi connectivity index (χ1) is 9.16. The van der Waals surface area contributed by atoms with E-state index in [9.17, 15) is 5.11 Å². The fourth-order valence-electron chi connectivity index (χ4n) is 1.90. The van der Waals surface area contributed by atoms with Crippen molar-refractivity contribution in [2.75, 3.05) is 6.61 Å². The fourth-order valence-corrected chi connectivity index (χ4v) is 2.24. The SMILES string of the molecule is CC(O)c1ccc(Br)cc1OCCc1ccccc1. The Kier molecular flexibility index (Phi) is 5.00. The van der Waals surface area contributed by atoms with Gasteiger partial charge in [0.2, 0.25) is 0 Å². The van der Waals surface area contributed by atoms with Crippen molar-refractivity contribution in [2.24, 2.45) is 0 Å². The van der Waals surface area contributed by atoms with Crippen molar-refractivity contribution < 1.29 is 9.84 Å². The lowest BCUT2D eigenvalue weighted by Gasteiger charge is -2.14. The van der Waals surface area contributed by atoms with Crippen molar-refractivity contribution in [2.45, 2.75) is 19.4 Å². The van der Waals surface area contributed by atoms with E-state index in [0.29, 0.717) is 6.61 Å². The molecule has 100 valence electrons. The number of ether oxygens (including phenoxy) is 1. The van der Waals surface area contributed by atoms with Crippen LogP contribution < -0.4 is 4.74 Å². The molecule has 0 amide bonds. The minimum Gasteiger partial charge on any atom is -0.493 e. The summed E-state index contributed by atoms with van der Waals surface area (Å²) in [5.41, 5.74) is 2.06. The van der Waals surface area contributed by atoms with Gasteiger partial charge < -0.3 is 9.84 Å². The number of halogens is 1. The van der Waals surface area contributed by atoms with Gasteiger partial charge in [0.1, 0.15) is 5.75 Å². The van der Waals surface area contributed by atoms with E-state index in [2.05, 4.69) is 28.1 Å². The van der Waals surface area contributed by atoms with Crippen LogP contribution in [0.2, 0.25) is 0 Å². The van der Waals surface area contributed by atoms with Gasteiger partial charge in [-0.3, -0.25) is 0 Å². The first-order valence-corrected chi connectivity index (χ1v) is 7.10. The molecule has 0 aliphatic carbocycles. The van der Waals surface area contributed by atoms with Crippen LogP contribution in [0.25, 0.3) is 0 Å².